The van der Waals surface area contributed by atoms with Crippen molar-refractivity contribution in [2.45, 2.75) is 19.0 Å². The van der Waals surface area contributed by atoms with Gasteiger partial charge in [-0.25, -0.2) is 4.39 Å². The molecule has 7 nitrogen and oxygen atoms in total. The molecule has 0 aromatic heterocycles. The molecule has 2 aromatic rings. The van der Waals surface area contributed by atoms with Gasteiger partial charge in [0.15, 0.2) is 0 Å². The molecule has 1 N–H and O–H groups in total. The number of fused-ring (bicyclic) bond motifs is 3. The molecule has 2 heterocycles. The van der Waals surface area contributed by atoms with Gasteiger partial charge in [0.2, 0.25) is 0 Å². The standard InChI is InChI=1S/C19H18FN3O4/c1-22-6-5-11-12(13-7-10(20)3-4-16(13)27-2)8-14-17(15(11)9-22)21-19(24)18(14)23(25)26/h3-4,7-8,18H,5-6,9H2,1-2H3,(H,21,24). The summed E-state index contributed by atoms with van der Waals surface area (Å²) in [6.45, 7) is 1.34. The minimum Gasteiger partial charge on any atom is -0.496 e. The molecule has 0 saturated carbocycles. The van der Waals surface area contributed by atoms with E-state index < -0.39 is 22.7 Å². The van der Waals surface area contributed by atoms with Crippen molar-refractivity contribution in [1.82, 2.24) is 4.90 Å². The van der Waals surface area contributed by atoms with E-state index in [1.165, 1.54) is 25.3 Å². The fourth-order valence-corrected chi connectivity index (χ4v) is 3.95. The van der Waals surface area contributed by atoms with Gasteiger partial charge in [0.25, 0.3) is 0 Å². The lowest BCUT2D eigenvalue weighted by molar-refractivity contribution is -0.511. The summed E-state index contributed by atoms with van der Waals surface area (Å²) in [6.07, 6.45) is 0.688. The van der Waals surface area contributed by atoms with Gasteiger partial charge in [0, 0.05) is 23.6 Å². The lowest BCUT2D eigenvalue weighted by Crippen LogP contribution is -2.28. The highest BCUT2D eigenvalue weighted by Gasteiger charge is 2.43. The summed E-state index contributed by atoms with van der Waals surface area (Å²) in [5.41, 5.74) is 3.85. The highest BCUT2D eigenvalue weighted by atomic mass is 19.1. The van der Waals surface area contributed by atoms with Gasteiger partial charge in [-0.05, 0) is 54.4 Å². The number of likely N-dealkylation sites (N-methyl/N-ethyl adjacent to an activating group) is 1. The third-order valence-corrected chi connectivity index (χ3v) is 5.20. The normalized spacial score (nSPS) is 18.6. The van der Waals surface area contributed by atoms with Gasteiger partial charge in [-0.2, -0.15) is 0 Å². The fraction of sp³-hybridized carbons (Fsp3) is 0.316. The Morgan fingerprint density at radius 3 is 2.78 bits per heavy atom. The van der Waals surface area contributed by atoms with Crippen LogP contribution >= 0.6 is 0 Å². The minimum absolute atomic E-state index is 0.320. The lowest BCUT2D eigenvalue weighted by Gasteiger charge is -2.29. The van der Waals surface area contributed by atoms with Crippen LogP contribution in [0.25, 0.3) is 11.1 Å². The Kier molecular flexibility index (Phi) is 4.07. The van der Waals surface area contributed by atoms with Crippen LogP contribution < -0.4 is 10.1 Å². The summed E-state index contributed by atoms with van der Waals surface area (Å²) in [5.74, 6) is -0.589. The van der Waals surface area contributed by atoms with E-state index in [0.717, 1.165) is 17.7 Å². The third kappa shape index (κ3) is 2.73. The molecule has 0 spiro atoms. The Hall–Kier alpha value is -3.00. The Morgan fingerprint density at radius 2 is 2.07 bits per heavy atom. The van der Waals surface area contributed by atoms with E-state index in [1.54, 1.807) is 6.07 Å². The van der Waals surface area contributed by atoms with Gasteiger partial charge in [-0.15, -0.1) is 0 Å². The first-order chi connectivity index (χ1) is 12.9. The van der Waals surface area contributed by atoms with Gasteiger partial charge in [-0.3, -0.25) is 14.9 Å². The van der Waals surface area contributed by atoms with Crippen LogP contribution in [0.4, 0.5) is 10.1 Å². The number of hydrogen-bond donors (Lipinski definition) is 1. The Morgan fingerprint density at radius 1 is 1.30 bits per heavy atom. The molecule has 4 rings (SSSR count). The van der Waals surface area contributed by atoms with Crippen LogP contribution in [-0.4, -0.2) is 36.4 Å². The summed E-state index contributed by atoms with van der Waals surface area (Å²) in [4.78, 5) is 25.2. The van der Waals surface area contributed by atoms with Crippen LogP contribution in [0.15, 0.2) is 24.3 Å². The lowest BCUT2D eigenvalue weighted by atomic mass is 9.86. The van der Waals surface area contributed by atoms with Crippen molar-refractivity contribution >= 4 is 11.6 Å². The minimum atomic E-state index is -1.46. The number of halogens is 1. The van der Waals surface area contributed by atoms with Gasteiger partial charge in [-0.1, -0.05) is 0 Å². The number of ether oxygens (including phenoxy) is 1. The molecule has 1 atom stereocenters. The third-order valence-electron chi connectivity index (χ3n) is 5.20. The zero-order chi connectivity index (χ0) is 19.3. The first-order valence-corrected chi connectivity index (χ1v) is 8.56. The smallest absolute Gasteiger partial charge is 0.317 e. The maximum absolute atomic E-state index is 14.0. The summed E-state index contributed by atoms with van der Waals surface area (Å²) >= 11 is 0. The maximum Gasteiger partial charge on any atom is 0.317 e. The Balaban J connectivity index is 2.02. The Bertz CT molecular complexity index is 976. The van der Waals surface area contributed by atoms with Crippen molar-refractivity contribution in [2.24, 2.45) is 0 Å². The van der Waals surface area contributed by atoms with Crippen molar-refractivity contribution in [1.29, 1.82) is 0 Å². The number of carbonyl (C=O) groups is 1. The monoisotopic (exact) mass is 371 g/mol. The van der Waals surface area contributed by atoms with Crippen LogP contribution in [0.5, 0.6) is 5.75 Å². The average molecular weight is 371 g/mol. The highest BCUT2D eigenvalue weighted by Crippen LogP contribution is 2.45. The second-order valence-electron chi connectivity index (χ2n) is 6.85. The molecule has 2 aliphatic heterocycles. The molecule has 1 unspecified atom stereocenters. The Labute approximate surface area is 154 Å². The molecular weight excluding hydrogens is 353 g/mol. The van der Waals surface area contributed by atoms with Crippen molar-refractivity contribution in [3.05, 3.63) is 56.9 Å². The van der Waals surface area contributed by atoms with Gasteiger partial charge >= 0.3 is 11.9 Å². The number of carbonyl (C=O) groups excluding carboxylic acids is 1. The van der Waals surface area contributed by atoms with Crippen LogP contribution in [0.3, 0.4) is 0 Å². The molecule has 2 aromatic carbocycles. The number of amides is 1. The predicted octanol–water partition coefficient (Wildman–Crippen LogP) is 2.76. The average Bonchev–Trinajstić information content (AvgIpc) is 2.97. The summed E-state index contributed by atoms with van der Waals surface area (Å²) in [7, 11) is 3.45. The van der Waals surface area contributed by atoms with Crippen LogP contribution in [0.2, 0.25) is 0 Å². The van der Waals surface area contributed by atoms with Gasteiger partial charge < -0.3 is 15.0 Å². The predicted molar refractivity (Wildman–Crippen MR) is 96.8 cm³/mol. The number of hydrogen-bond acceptors (Lipinski definition) is 5. The van der Waals surface area contributed by atoms with Crippen molar-refractivity contribution in [3.8, 4) is 16.9 Å². The van der Waals surface area contributed by atoms with E-state index in [-0.39, 0.29) is 0 Å². The van der Waals surface area contributed by atoms with Crippen molar-refractivity contribution in [2.75, 3.05) is 26.0 Å². The van der Waals surface area contributed by atoms with E-state index in [2.05, 4.69) is 10.2 Å². The number of rotatable bonds is 3. The zero-order valence-corrected chi connectivity index (χ0v) is 14.9. The highest BCUT2D eigenvalue weighted by molar-refractivity contribution is 6.04. The first-order valence-electron chi connectivity index (χ1n) is 8.56. The number of anilines is 1. The topological polar surface area (TPSA) is 84.7 Å². The first kappa shape index (κ1) is 17.4. The van der Waals surface area contributed by atoms with Crippen LogP contribution in [0, 0.1) is 15.9 Å². The molecule has 1 amide bonds. The van der Waals surface area contributed by atoms with Gasteiger partial charge in [0.1, 0.15) is 11.6 Å². The second kappa shape index (κ2) is 6.31. The molecule has 0 bridgehead atoms. The SMILES string of the molecule is COc1ccc(F)cc1-c1cc2c(c3c1CCN(C)C3)NC(=O)C2[N+](=O)[O-]. The quantitative estimate of drug-likeness (QED) is 0.662. The van der Waals surface area contributed by atoms with E-state index in [4.69, 9.17) is 4.74 Å². The number of benzene rings is 2. The molecule has 0 radical (unpaired) electrons. The zero-order valence-electron chi connectivity index (χ0n) is 14.9. The molecule has 0 saturated heterocycles. The van der Waals surface area contributed by atoms with Gasteiger partial charge in [0.05, 0.1) is 18.4 Å². The summed E-state index contributed by atoms with van der Waals surface area (Å²) < 4.78 is 19.4. The van der Waals surface area contributed by atoms with E-state index in [9.17, 15) is 19.3 Å². The maximum atomic E-state index is 14.0. The molecular formula is C19H18FN3O4. The number of nitrogens with one attached hydrogen (secondary N) is 1. The molecule has 2 aliphatic rings. The van der Waals surface area contributed by atoms with E-state index in [0.29, 0.717) is 41.1 Å². The molecule has 8 heteroatoms. The van der Waals surface area contributed by atoms with E-state index >= 15 is 0 Å². The van der Waals surface area contributed by atoms with Crippen LogP contribution in [0.1, 0.15) is 22.7 Å². The molecule has 27 heavy (non-hydrogen) atoms. The summed E-state index contributed by atoms with van der Waals surface area (Å²) in [5, 5.41) is 14.2. The number of nitro groups is 1. The molecule has 140 valence electrons. The van der Waals surface area contributed by atoms with Crippen molar-refractivity contribution < 1.29 is 18.8 Å². The number of methoxy groups -OCH3 is 1. The number of nitrogens with zero attached hydrogens (tertiary/aromatic N) is 2. The van der Waals surface area contributed by atoms with E-state index in [1.807, 2.05) is 7.05 Å². The van der Waals surface area contributed by atoms with Crippen LogP contribution in [-0.2, 0) is 17.8 Å². The van der Waals surface area contributed by atoms with Crippen molar-refractivity contribution in [3.63, 3.8) is 0 Å². The second-order valence-corrected chi connectivity index (χ2v) is 6.85. The summed E-state index contributed by atoms with van der Waals surface area (Å²) in [6, 6.07) is 4.39. The largest absolute Gasteiger partial charge is 0.496 e. The fourth-order valence-electron chi connectivity index (χ4n) is 3.95. The molecule has 0 fully saturated rings. The molecule has 0 aliphatic carbocycles.